The van der Waals surface area contributed by atoms with Crippen molar-refractivity contribution >= 4 is 10.9 Å². The molecular formula is C21H23FN2O. The van der Waals surface area contributed by atoms with Crippen molar-refractivity contribution in [2.24, 2.45) is 0 Å². The minimum atomic E-state index is -0.358. The predicted octanol–water partition coefficient (Wildman–Crippen LogP) is 5.08. The van der Waals surface area contributed by atoms with Crippen LogP contribution in [-0.2, 0) is 11.8 Å². The van der Waals surface area contributed by atoms with E-state index in [-0.39, 0.29) is 11.2 Å². The summed E-state index contributed by atoms with van der Waals surface area (Å²) in [5, 5.41) is 0.608. The predicted molar refractivity (Wildman–Crippen MR) is 98.5 cm³/mol. The van der Waals surface area contributed by atoms with E-state index >= 15 is 0 Å². The average Bonchev–Trinajstić information content (AvgIpc) is 2.59. The van der Waals surface area contributed by atoms with Crippen LogP contribution in [0.3, 0.4) is 0 Å². The molecule has 4 heteroatoms. The van der Waals surface area contributed by atoms with E-state index in [4.69, 9.17) is 4.74 Å². The molecule has 0 fully saturated rings. The minimum absolute atomic E-state index is 0.172. The van der Waals surface area contributed by atoms with Gasteiger partial charge in [0.15, 0.2) is 0 Å². The van der Waals surface area contributed by atoms with Gasteiger partial charge in [-0.15, -0.1) is 0 Å². The largest absolute Gasteiger partial charge is 0.477 e. The molecule has 3 aromatic rings. The summed E-state index contributed by atoms with van der Waals surface area (Å²) >= 11 is 0. The molecule has 0 radical (unpaired) electrons. The summed E-state index contributed by atoms with van der Waals surface area (Å²) < 4.78 is 19.5. The third kappa shape index (κ3) is 4.13. The van der Waals surface area contributed by atoms with E-state index in [1.165, 1.54) is 23.5 Å². The van der Waals surface area contributed by atoms with Gasteiger partial charge in [0.2, 0.25) is 5.88 Å². The monoisotopic (exact) mass is 338 g/mol. The molecular weight excluding hydrogens is 315 g/mol. The lowest BCUT2D eigenvalue weighted by molar-refractivity contribution is 0.303. The van der Waals surface area contributed by atoms with E-state index < -0.39 is 0 Å². The summed E-state index contributed by atoms with van der Waals surface area (Å²) in [6, 6.07) is 13.5. The van der Waals surface area contributed by atoms with Gasteiger partial charge in [-0.25, -0.2) is 14.4 Å². The van der Waals surface area contributed by atoms with Crippen molar-refractivity contribution in [1.82, 2.24) is 9.97 Å². The number of hydrogen-bond donors (Lipinski definition) is 0. The smallest absolute Gasteiger partial charge is 0.224 e. The Morgan fingerprint density at radius 3 is 2.48 bits per heavy atom. The molecule has 25 heavy (non-hydrogen) atoms. The highest BCUT2D eigenvalue weighted by Crippen LogP contribution is 2.24. The summed E-state index contributed by atoms with van der Waals surface area (Å²) in [5.74, 6) is 0.0799. The summed E-state index contributed by atoms with van der Waals surface area (Å²) in [6.45, 7) is 7.17. The molecule has 3 rings (SSSR count). The molecule has 3 nitrogen and oxygen atoms in total. The Morgan fingerprint density at radius 2 is 1.76 bits per heavy atom. The third-order valence-corrected chi connectivity index (χ3v) is 4.25. The maximum absolute atomic E-state index is 13.7. The van der Waals surface area contributed by atoms with Gasteiger partial charge in [0.25, 0.3) is 0 Å². The van der Waals surface area contributed by atoms with Gasteiger partial charge in [-0.1, -0.05) is 51.1 Å². The Bertz CT molecular complexity index is 854. The topological polar surface area (TPSA) is 35.0 Å². The van der Waals surface area contributed by atoms with E-state index in [0.29, 0.717) is 23.4 Å². The Balaban J connectivity index is 1.58. The fraction of sp³-hybridized carbons (Fsp3) is 0.333. The summed E-state index contributed by atoms with van der Waals surface area (Å²) in [5.41, 5.74) is 3.09. The normalized spacial score (nSPS) is 11.7. The number of para-hydroxylation sites is 1. The molecule has 0 unspecified atom stereocenters. The van der Waals surface area contributed by atoms with Crippen LogP contribution >= 0.6 is 0 Å². The van der Waals surface area contributed by atoms with Crippen molar-refractivity contribution in [2.45, 2.75) is 39.0 Å². The van der Waals surface area contributed by atoms with E-state index in [9.17, 15) is 4.39 Å². The number of fused-ring (bicyclic) bond motifs is 1. The van der Waals surface area contributed by atoms with Crippen LogP contribution in [0.4, 0.5) is 4.39 Å². The number of rotatable bonds is 5. The first-order valence-electron chi connectivity index (χ1n) is 8.56. The third-order valence-electron chi connectivity index (χ3n) is 4.25. The lowest BCUT2D eigenvalue weighted by Gasteiger charge is -2.19. The zero-order valence-electron chi connectivity index (χ0n) is 14.9. The van der Waals surface area contributed by atoms with Gasteiger partial charge in [-0.05, 0) is 41.5 Å². The van der Waals surface area contributed by atoms with Crippen molar-refractivity contribution in [3.63, 3.8) is 0 Å². The van der Waals surface area contributed by atoms with Gasteiger partial charge < -0.3 is 4.74 Å². The van der Waals surface area contributed by atoms with Gasteiger partial charge in [-0.2, -0.15) is 0 Å². The molecule has 1 aromatic heterocycles. The van der Waals surface area contributed by atoms with E-state index in [1.54, 1.807) is 12.1 Å². The molecule has 0 spiro atoms. The molecule has 1 heterocycles. The van der Waals surface area contributed by atoms with E-state index in [1.807, 2.05) is 0 Å². The molecule has 130 valence electrons. The van der Waals surface area contributed by atoms with E-state index in [0.717, 1.165) is 12.8 Å². The highest BCUT2D eigenvalue weighted by atomic mass is 19.1. The van der Waals surface area contributed by atoms with Crippen LogP contribution in [0.5, 0.6) is 5.88 Å². The number of ether oxygens (including phenoxy) is 1. The molecule has 0 aliphatic carbocycles. The molecule has 2 aromatic carbocycles. The van der Waals surface area contributed by atoms with Crippen LogP contribution in [0.25, 0.3) is 10.9 Å². The van der Waals surface area contributed by atoms with Crippen molar-refractivity contribution < 1.29 is 9.13 Å². The van der Waals surface area contributed by atoms with Crippen LogP contribution in [0.2, 0.25) is 0 Å². The number of hydrogen-bond acceptors (Lipinski definition) is 3. The number of aryl methyl sites for hydroxylation is 1. The van der Waals surface area contributed by atoms with Gasteiger partial charge in [0.05, 0.1) is 12.0 Å². The average molecular weight is 338 g/mol. The Labute approximate surface area is 147 Å². The number of nitrogens with zero attached hydrogens (tertiary/aromatic N) is 2. The van der Waals surface area contributed by atoms with Gasteiger partial charge in [0.1, 0.15) is 17.7 Å². The maximum Gasteiger partial charge on any atom is 0.224 e. The van der Waals surface area contributed by atoms with Crippen LogP contribution in [0.15, 0.2) is 48.8 Å². The summed E-state index contributed by atoms with van der Waals surface area (Å²) in [7, 11) is 0. The second kappa shape index (κ2) is 7.18. The lowest BCUT2D eigenvalue weighted by atomic mass is 9.86. The van der Waals surface area contributed by atoms with Gasteiger partial charge >= 0.3 is 0 Å². The van der Waals surface area contributed by atoms with Crippen LogP contribution in [0.1, 0.15) is 38.3 Å². The first-order chi connectivity index (χ1) is 11.9. The highest BCUT2D eigenvalue weighted by Gasteiger charge is 2.12. The maximum atomic E-state index is 13.7. The first kappa shape index (κ1) is 17.3. The fourth-order valence-corrected chi connectivity index (χ4v) is 2.76. The molecule has 0 bridgehead atoms. The van der Waals surface area contributed by atoms with Crippen molar-refractivity contribution in [3.8, 4) is 5.88 Å². The molecule has 0 aliphatic rings. The molecule has 0 N–H and O–H groups in total. The molecule has 0 aliphatic heterocycles. The quantitative estimate of drug-likeness (QED) is 0.609. The van der Waals surface area contributed by atoms with Crippen LogP contribution in [-0.4, -0.2) is 16.6 Å². The van der Waals surface area contributed by atoms with Crippen LogP contribution < -0.4 is 4.74 Å². The molecule has 0 amide bonds. The Kier molecular flexibility index (Phi) is 4.98. The number of halogens is 1. The van der Waals surface area contributed by atoms with Gasteiger partial charge in [0, 0.05) is 0 Å². The van der Waals surface area contributed by atoms with Crippen molar-refractivity contribution in [3.05, 3.63) is 65.7 Å². The number of benzene rings is 2. The Morgan fingerprint density at radius 1 is 1.00 bits per heavy atom. The molecule has 0 saturated carbocycles. The molecule has 0 atom stereocenters. The second-order valence-electron chi connectivity index (χ2n) is 7.21. The standard InChI is InChI=1S/C21H23FN2O/c1-21(2,3)16-11-9-15(10-12-16)6-5-13-25-20-17-7-4-8-18(22)19(17)23-14-24-20/h4,7-12,14H,5-6,13H2,1-3H3. The zero-order chi connectivity index (χ0) is 17.9. The highest BCUT2D eigenvalue weighted by molar-refractivity contribution is 5.83. The summed E-state index contributed by atoms with van der Waals surface area (Å²) in [6.07, 6.45) is 3.14. The second-order valence-corrected chi connectivity index (χ2v) is 7.21. The van der Waals surface area contributed by atoms with E-state index in [2.05, 4.69) is 55.0 Å². The SMILES string of the molecule is CC(C)(C)c1ccc(CCCOc2ncnc3c(F)cccc23)cc1. The lowest BCUT2D eigenvalue weighted by Crippen LogP contribution is -2.10. The molecule has 0 saturated heterocycles. The van der Waals surface area contributed by atoms with Crippen molar-refractivity contribution in [1.29, 1.82) is 0 Å². The Hall–Kier alpha value is -2.49. The van der Waals surface area contributed by atoms with Gasteiger partial charge in [-0.3, -0.25) is 0 Å². The zero-order valence-corrected chi connectivity index (χ0v) is 14.9. The van der Waals surface area contributed by atoms with Crippen LogP contribution in [0, 0.1) is 5.82 Å². The minimum Gasteiger partial charge on any atom is -0.477 e. The fourth-order valence-electron chi connectivity index (χ4n) is 2.76. The van der Waals surface area contributed by atoms with Crippen molar-refractivity contribution in [2.75, 3.05) is 6.61 Å². The number of aromatic nitrogens is 2. The first-order valence-corrected chi connectivity index (χ1v) is 8.56. The summed E-state index contributed by atoms with van der Waals surface area (Å²) in [4.78, 5) is 8.11.